The van der Waals surface area contributed by atoms with E-state index in [2.05, 4.69) is 19.8 Å². The maximum atomic E-state index is 11.6. The molecule has 0 amide bonds. The van der Waals surface area contributed by atoms with Crippen LogP contribution in [0.5, 0.6) is 0 Å². The zero-order valence-electron chi connectivity index (χ0n) is 7.75. The van der Waals surface area contributed by atoms with Crippen molar-refractivity contribution in [2.24, 2.45) is 0 Å². The predicted molar refractivity (Wildman–Crippen MR) is 48.9 cm³/mol. The number of fused-ring (bicyclic) bond motifs is 1. The number of carbonyl (C=O) groups excluding carboxylic acids is 1. The molecule has 76 valence electrons. The van der Waals surface area contributed by atoms with E-state index in [9.17, 15) is 9.59 Å². The van der Waals surface area contributed by atoms with Crippen LogP contribution in [0, 0.1) is 0 Å². The molecule has 2 rings (SSSR count). The van der Waals surface area contributed by atoms with Gasteiger partial charge in [0.25, 0.3) is 0 Å². The van der Waals surface area contributed by atoms with Crippen molar-refractivity contribution in [1.29, 1.82) is 0 Å². The molecule has 2 heterocycles. The van der Waals surface area contributed by atoms with Crippen molar-refractivity contribution in [2.45, 2.75) is 6.92 Å². The maximum absolute atomic E-state index is 11.6. The Morgan fingerprint density at radius 1 is 1.33 bits per heavy atom. The van der Waals surface area contributed by atoms with Crippen LogP contribution >= 0.6 is 0 Å². The third-order valence-corrected chi connectivity index (χ3v) is 1.59. The van der Waals surface area contributed by atoms with Gasteiger partial charge in [-0.2, -0.15) is 0 Å². The predicted octanol–water partition coefficient (Wildman–Crippen LogP) is -0.838. The van der Waals surface area contributed by atoms with Crippen molar-refractivity contribution in [1.82, 2.24) is 19.7 Å². The van der Waals surface area contributed by atoms with E-state index >= 15 is 0 Å². The fourth-order valence-corrected chi connectivity index (χ4v) is 1.04. The van der Waals surface area contributed by atoms with Gasteiger partial charge < -0.3 is 4.84 Å². The summed E-state index contributed by atoms with van der Waals surface area (Å²) in [6, 6.07) is 0. The smallest absolute Gasteiger partial charge is 0.330 e. The quantitative estimate of drug-likeness (QED) is 0.604. The lowest BCUT2D eigenvalue weighted by molar-refractivity contribution is -0.142. The van der Waals surface area contributed by atoms with E-state index in [1.165, 1.54) is 19.3 Å². The summed E-state index contributed by atoms with van der Waals surface area (Å²) in [5.41, 5.74) is -0.296. The van der Waals surface area contributed by atoms with Crippen molar-refractivity contribution < 1.29 is 9.63 Å². The molecule has 0 saturated carbocycles. The molecule has 2 aromatic heterocycles. The van der Waals surface area contributed by atoms with Gasteiger partial charge in [-0.15, -0.1) is 4.73 Å². The first kappa shape index (κ1) is 9.25. The SMILES string of the molecule is CC(=O)On1cnc2nccnc2c1=O. The highest BCUT2D eigenvalue weighted by atomic mass is 16.7. The largest absolute Gasteiger partial charge is 0.332 e. The van der Waals surface area contributed by atoms with Crippen LogP contribution in [-0.2, 0) is 4.79 Å². The Balaban J connectivity index is 2.65. The maximum Gasteiger partial charge on any atom is 0.330 e. The highest BCUT2D eigenvalue weighted by Crippen LogP contribution is 1.95. The number of hydrogen-bond acceptors (Lipinski definition) is 6. The number of hydrogen-bond donors (Lipinski definition) is 0. The minimum atomic E-state index is -0.609. The molecule has 7 heteroatoms. The second kappa shape index (κ2) is 3.45. The van der Waals surface area contributed by atoms with E-state index in [0.29, 0.717) is 0 Å². The van der Waals surface area contributed by atoms with Gasteiger partial charge in [-0.3, -0.25) is 4.79 Å². The topological polar surface area (TPSA) is 87.0 Å². The second-order valence-electron chi connectivity index (χ2n) is 2.69. The monoisotopic (exact) mass is 206 g/mol. The Labute approximate surface area is 83.3 Å². The summed E-state index contributed by atoms with van der Waals surface area (Å²) in [5.74, 6) is -0.609. The Morgan fingerprint density at radius 3 is 2.80 bits per heavy atom. The first-order valence-electron chi connectivity index (χ1n) is 4.06. The van der Waals surface area contributed by atoms with Crippen LogP contribution < -0.4 is 10.4 Å². The minimum absolute atomic E-state index is 0.0567. The summed E-state index contributed by atoms with van der Waals surface area (Å²) in [5, 5.41) is 0. The Bertz CT molecular complexity index is 577. The molecule has 0 aromatic carbocycles. The van der Waals surface area contributed by atoms with Crippen LogP contribution in [0.15, 0.2) is 23.5 Å². The Kier molecular flexibility index (Phi) is 2.13. The summed E-state index contributed by atoms with van der Waals surface area (Å²) in [4.78, 5) is 38.3. The van der Waals surface area contributed by atoms with Gasteiger partial charge in [0.05, 0.1) is 0 Å². The van der Waals surface area contributed by atoms with Crippen LogP contribution in [0.3, 0.4) is 0 Å². The summed E-state index contributed by atoms with van der Waals surface area (Å²) in [7, 11) is 0. The molecule has 0 unspecified atom stereocenters. The van der Waals surface area contributed by atoms with Gasteiger partial charge in [-0.1, -0.05) is 0 Å². The van der Waals surface area contributed by atoms with Gasteiger partial charge in [0.1, 0.15) is 6.33 Å². The molecular weight excluding hydrogens is 200 g/mol. The third kappa shape index (κ3) is 1.66. The molecular formula is C8H6N4O3. The van der Waals surface area contributed by atoms with Crippen molar-refractivity contribution in [3.8, 4) is 0 Å². The molecule has 0 bridgehead atoms. The average molecular weight is 206 g/mol. The Hall–Kier alpha value is -2.31. The lowest BCUT2D eigenvalue weighted by Gasteiger charge is -2.02. The fourth-order valence-electron chi connectivity index (χ4n) is 1.04. The van der Waals surface area contributed by atoms with Gasteiger partial charge in [0.2, 0.25) is 0 Å². The van der Waals surface area contributed by atoms with E-state index in [1.54, 1.807) is 0 Å². The summed E-state index contributed by atoms with van der Waals surface area (Å²) >= 11 is 0. The number of rotatable bonds is 1. The molecule has 0 aliphatic heterocycles. The van der Waals surface area contributed by atoms with E-state index in [1.807, 2.05) is 0 Å². The highest BCUT2D eigenvalue weighted by Gasteiger charge is 2.07. The lowest BCUT2D eigenvalue weighted by Crippen LogP contribution is -2.30. The molecule has 15 heavy (non-hydrogen) atoms. The van der Waals surface area contributed by atoms with Crippen LogP contribution in [0.4, 0.5) is 0 Å². The van der Waals surface area contributed by atoms with Crippen LogP contribution in [0.25, 0.3) is 11.2 Å². The van der Waals surface area contributed by atoms with Crippen LogP contribution in [0.1, 0.15) is 6.92 Å². The number of aromatic nitrogens is 4. The van der Waals surface area contributed by atoms with Gasteiger partial charge in [0.15, 0.2) is 11.2 Å². The fraction of sp³-hybridized carbons (Fsp3) is 0.125. The summed E-state index contributed by atoms with van der Waals surface area (Å²) in [6.07, 6.45) is 3.87. The van der Waals surface area contributed by atoms with Crippen molar-refractivity contribution in [2.75, 3.05) is 0 Å². The molecule has 0 saturated heterocycles. The van der Waals surface area contributed by atoms with Gasteiger partial charge in [0, 0.05) is 19.3 Å². The summed E-state index contributed by atoms with van der Waals surface area (Å²) < 4.78 is 0.722. The lowest BCUT2D eigenvalue weighted by atomic mass is 10.5. The first-order valence-corrected chi connectivity index (χ1v) is 4.06. The molecule has 0 N–H and O–H groups in total. The van der Waals surface area contributed by atoms with E-state index in [0.717, 1.165) is 11.1 Å². The third-order valence-electron chi connectivity index (χ3n) is 1.59. The second-order valence-corrected chi connectivity index (χ2v) is 2.69. The van der Waals surface area contributed by atoms with Gasteiger partial charge >= 0.3 is 11.5 Å². The average Bonchev–Trinajstić information content (AvgIpc) is 2.22. The van der Waals surface area contributed by atoms with Gasteiger partial charge in [-0.05, 0) is 0 Å². The molecule has 2 aromatic rings. The first-order chi connectivity index (χ1) is 7.18. The zero-order valence-corrected chi connectivity index (χ0v) is 7.75. The molecule has 0 fully saturated rings. The summed E-state index contributed by atoms with van der Waals surface area (Å²) in [6.45, 7) is 1.19. The van der Waals surface area contributed by atoms with Crippen molar-refractivity contribution in [3.05, 3.63) is 29.1 Å². The number of carbonyl (C=O) groups is 1. The number of nitrogens with zero attached hydrogens (tertiary/aromatic N) is 4. The van der Waals surface area contributed by atoms with E-state index < -0.39 is 11.5 Å². The standard InChI is InChI=1S/C8H6N4O3/c1-5(13)15-12-4-11-7-6(8(12)14)9-2-3-10-7/h2-4H,1H3. The Morgan fingerprint density at radius 2 is 2.07 bits per heavy atom. The molecule has 0 atom stereocenters. The normalized spacial score (nSPS) is 10.2. The van der Waals surface area contributed by atoms with Crippen LogP contribution in [0.2, 0.25) is 0 Å². The van der Waals surface area contributed by atoms with Crippen molar-refractivity contribution in [3.63, 3.8) is 0 Å². The molecule has 0 radical (unpaired) electrons. The molecule has 0 spiro atoms. The highest BCUT2D eigenvalue weighted by molar-refractivity contribution is 5.68. The molecule has 7 nitrogen and oxygen atoms in total. The molecule has 0 aliphatic rings. The van der Waals surface area contributed by atoms with Gasteiger partial charge in [-0.25, -0.2) is 19.7 Å². The zero-order chi connectivity index (χ0) is 10.8. The minimum Gasteiger partial charge on any atom is -0.332 e. The molecule has 0 aliphatic carbocycles. The van der Waals surface area contributed by atoms with E-state index in [-0.39, 0.29) is 11.2 Å². The van der Waals surface area contributed by atoms with Crippen LogP contribution in [-0.4, -0.2) is 25.7 Å². The van der Waals surface area contributed by atoms with Crippen molar-refractivity contribution >= 4 is 17.1 Å². The van der Waals surface area contributed by atoms with E-state index in [4.69, 9.17) is 0 Å².